The zero-order valence-electron chi connectivity index (χ0n) is 63.8. The molecule has 104 heavy (non-hydrogen) atoms. The number of fused-ring (bicyclic) bond motifs is 11. The van der Waals surface area contributed by atoms with Gasteiger partial charge in [-0.05, 0) is 317 Å². The number of benzene rings is 2. The van der Waals surface area contributed by atoms with Crippen molar-refractivity contribution >= 4 is 37.5 Å². The normalized spacial score (nSPS) is 39.8. The highest BCUT2D eigenvalue weighted by Gasteiger charge is 2.66. The largest absolute Gasteiger partial charge is 0.364 e. The maximum atomic E-state index is 3.34. The zero-order valence-corrected chi connectivity index (χ0v) is 65.5. The van der Waals surface area contributed by atoms with Crippen molar-refractivity contribution in [3.8, 4) is 0 Å². The highest BCUT2D eigenvalue weighted by Crippen LogP contribution is 2.73. The van der Waals surface area contributed by atoms with E-state index >= 15 is 0 Å². The number of rotatable bonds is 12. The average molecular weight is 1410 g/mol. The van der Waals surface area contributed by atoms with E-state index in [4.69, 9.17) is 0 Å². The van der Waals surface area contributed by atoms with E-state index in [1.54, 1.807) is 65.6 Å². The third-order valence-corrected chi connectivity index (χ3v) is 34.1. The fraction of sp³-hybridized carbons (Fsp3) is 0.535. The Labute approximate surface area is 637 Å². The summed E-state index contributed by atoms with van der Waals surface area (Å²) >= 11 is 4.64. The third-order valence-electron chi connectivity index (χ3n) is 31.0. The molecule has 19 rings (SSSR count). The second-order valence-corrected chi connectivity index (χ2v) is 39.3. The molecule has 2 aromatic carbocycles. The molecule has 0 aromatic heterocycles. The van der Waals surface area contributed by atoms with E-state index in [9.17, 15) is 0 Å². The van der Waals surface area contributed by atoms with Crippen LogP contribution in [0.4, 0.5) is 0 Å². The first kappa shape index (κ1) is 69.1. The number of piperidine rings is 1. The molecule has 17 aliphatic rings. The summed E-state index contributed by atoms with van der Waals surface area (Å²) in [7, 11) is 1.32. The molecular weight excluding hydrogens is 1290 g/mol. The molecule has 0 amide bonds. The summed E-state index contributed by atoms with van der Waals surface area (Å²) in [6.07, 6.45) is 91.0. The highest BCUT2D eigenvalue weighted by atomic mass is 32.2. The van der Waals surface area contributed by atoms with Gasteiger partial charge in [0.2, 0.25) is 0 Å². The molecule has 0 radical (unpaired) electrons. The van der Waals surface area contributed by atoms with Crippen LogP contribution in [0.25, 0.3) is 0 Å². The molecule has 2 aromatic rings. The van der Waals surface area contributed by atoms with Crippen molar-refractivity contribution in [2.75, 3.05) is 0 Å². The van der Waals surface area contributed by atoms with Gasteiger partial charge >= 0.3 is 0 Å². The van der Waals surface area contributed by atoms with Crippen LogP contribution in [0.5, 0.6) is 0 Å². The molecule has 3 saturated heterocycles. The number of allylic oxidation sites excluding steroid dienone is 31. The molecule has 5 heteroatoms. The van der Waals surface area contributed by atoms with Gasteiger partial charge in [-0.15, -0.1) is 23.5 Å². The summed E-state index contributed by atoms with van der Waals surface area (Å²) in [4.78, 5) is 6.49. The molecule has 538 valence electrons. The van der Waals surface area contributed by atoms with Crippen LogP contribution >= 0.6 is 23.5 Å². The predicted octanol–water partition coefficient (Wildman–Crippen LogP) is 26.0. The van der Waals surface area contributed by atoms with Gasteiger partial charge in [-0.3, -0.25) is 0 Å². The van der Waals surface area contributed by atoms with Crippen LogP contribution in [0.15, 0.2) is 259 Å². The smallest absolute Gasteiger partial charge is 0.171 e. The lowest BCUT2D eigenvalue weighted by molar-refractivity contribution is 0.00921. The van der Waals surface area contributed by atoms with E-state index in [1.165, 1.54) is 155 Å². The van der Waals surface area contributed by atoms with Crippen molar-refractivity contribution in [2.45, 2.75) is 257 Å². The van der Waals surface area contributed by atoms with Crippen LogP contribution in [0, 0.1) is 82.9 Å². The Kier molecular flexibility index (Phi) is 19.7. The van der Waals surface area contributed by atoms with Crippen LogP contribution in [0.3, 0.4) is 0 Å². The lowest BCUT2D eigenvalue weighted by Crippen LogP contribution is -2.62. The predicted molar refractivity (Wildman–Crippen MR) is 447 cm³/mol. The number of hydrogen-bond donors (Lipinski definition) is 0. The maximum absolute atomic E-state index is 3.34. The van der Waals surface area contributed by atoms with E-state index < -0.39 is 0 Å². The lowest BCUT2D eigenvalue weighted by atomic mass is 9.40. The Morgan fingerprint density at radius 1 is 0.644 bits per heavy atom. The highest BCUT2D eigenvalue weighted by molar-refractivity contribution is 8.02. The van der Waals surface area contributed by atoms with Crippen LogP contribution in [-0.4, -0.2) is 41.3 Å². The average Bonchev–Trinajstić information content (AvgIpc) is 1.56. The lowest BCUT2D eigenvalue weighted by Gasteiger charge is -2.62. The molecule has 1 nitrogen and oxygen atoms in total. The Morgan fingerprint density at radius 3 is 2.24 bits per heavy atom. The van der Waals surface area contributed by atoms with E-state index in [0.29, 0.717) is 141 Å². The van der Waals surface area contributed by atoms with Crippen molar-refractivity contribution in [3.63, 3.8) is 0 Å². The van der Waals surface area contributed by atoms with Gasteiger partial charge in [0.1, 0.15) is 7.28 Å². The summed E-state index contributed by atoms with van der Waals surface area (Å²) in [5.74, 6) is 10.2. The van der Waals surface area contributed by atoms with Crippen LogP contribution in [-0.2, 0) is 0 Å². The number of nitrogens with zero attached hydrogens (tertiary/aromatic N) is 1. The zero-order chi connectivity index (χ0) is 69.7. The molecule has 0 bridgehead atoms. The Hall–Kier alpha value is -5.35. The Morgan fingerprint density at radius 2 is 1.46 bits per heavy atom. The molecule has 0 N–H and O–H groups in total. The van der Waals surface area contributed by atoms with Crippen molar-refractivity contribution in [1.29, 1.82) is 0 Å². The van der Waals surface area contributed by atoms with Crippen molar-refractivity contribution in [1.82, 2.24) is 4.90 Å². The summed E-state index contributed by atoms with van der Waals surface area (Å²) < 4.78 is 0. The van der Waals surface area contributed by atoms with Crippen molar-refractivity contribution < 1.29 is 0 Å². The van der Waals surface area contributed by atoms with E-state index in [0.717, 1.165) is 12.8 Å². The second-order valence-electron chi connectivity index (χ2n) is 36.8. The molecule has 23 unspecified atom stereocenters. The van der Waals surface area contributed by atoms with Gasteiger partial charge in [-0.25, -0.2) is 0 Å². The standard InChI is InChI=1S/C99H119B2NS2/c1-61-30-18-22-40-70(61)54-81(75-43-23-19-31-62(75)2)71-56-86-82(69-38-14-8-15-39-69)59-87-79-47-27-29-49-92(79)103-98(87)100-95-88-60-83-72(57-89(88)102(90(58-71)94(86)95)74-41-16-9-17-42-74)55-80(68-36-12-7-13-37-68)85-53-67(52-84(76-44-24-20-32-63(76)3)77-45-25-21-33-64(77)4)51-73(50-66-34-10-6-11-35-66)93(85)97-96(83)101(97)99-65(5)78-46-26-28-48-91(78)104-99/h7-8,12,14-15,18,20,22-24,26-29,33-34,36,38,41,43,46-49,52-54,56-57,60-63,65,67,69-70,75-77,80,82,86-90,94-100H,6,9-11,13,16-17,19,21,25,30-32,35,37,39-40,42,44-45,50-51,55,58-59H2,1-5H3/b81-54-,84-52-. The SMILES string of the molecule is CC1=CCCCC1/C(=C\C1C=C2C(=C(CC3=CCCCC3)C1)C1B(C3Sc4ccccc4C3C)C1C1=CC3C4BC5Sc6ccccc6C5CC(C5C=CC=CC5)C5C=C(/C(=C/C6CC=CCC6C)C6C=CCCC6C)CC(C45)N(C4=CCCCC4)C3C=C1CC2C1=CC=CCC1)C1CC=CCC1C. The maximum Gasteiger partial charge on any atom is 0.171 e. The van der Waals surface area contributed by atoms with E-state index in [1.807, 2.05) is 22.3 Å². The van der Waals surface area contributed by atoms with E-state index in [2.05, 4.69) is 245 Å². The number of likely N-dealkylation sites (tertiary alicyclic amines) is 1. The molecular formula is C99H119B2NS2. The molecule has 0 spiro atoms. The van der Waals surface area contributed by atoms with Crippen molar-refractivity contribution in [2.24, 2.45) is 82.9 Å². The molecule has 23 atom stereocenters. The fourth-order valence-corrected chi connectivity index (χ4v) is 29.0. The van der Waals surface area contributed by atoms with Gasteiger partial charge < -0.3 is 4.90 Å². The first-order valence-corrected chi connectivity index (χ1v) is 44.9. The van der Waals surface area contributed by atoms with Gasteiger partial charge in [0.25, 0.3) is 0 Å². The fourth-order valence-electron chi connectivity index (χ4n) is 25.7. The van der Waals surface area contributed by atoms with Gasteiger partial charge in [0.05, 0.1) is 6.04 Å². The van der Waals surface area contributed by atoms with Gasteiger partial charge in [-0.2, -0.15) is 0 Å². The molecule has 12 aliphatic carbocycles. The minimum absolute atomic E-state index is 0.331. The van der Waals surface area contributed by atoms with Crippen LogP contribution in [0.1, 0.15) is 218 Å². The van der Waals surface area contributed by atoms with Crippen LogP contribution in [0.2, 0.25) is 17.5 Å². The van der Waals surface area contributed by atoms with Gasteiger partial charge in [0.15, 0.2) is 6.71 Å². The number of thioether (sulfide) groups is 2. The molecule has 4 fully saturated rings. The summed E-state index contributed by atoms with van der Waals surface area (Å²) in [5.41, 5.74) is 24.6. The quantitative estimate of drug-likeness (QED) is 0.154. The topological polar surface area (TPSA) is 3.24 Å². The Balaban J connectivity index is 0.830. The third kappa shape index (κ3) is 12.8. The van der Waals surface area contributed by atoms with Crippen molar-refractivity contribution in [3.05, 3.63) is 260 Å². The first-order chi connectivity index (χ1) is 51.1. The second kappa shape index (κ2) is 29.6. The molecule has 1 saturated carbocycles. The molecule has 5 heterocycles. The molecule has 5 aliphatic heterocycles. The summed E-state index contributed by atoms with van der Waals surface area (Å²) in [5, 5.41) is 1.13. The number of hydrogen-bond acceptors (Lipinski definition) is 3. The minimum Gasteiger partial charge on any atom is -0.364 e. The first-order valence-electron chi connectivity index (χ1n) is 43.2. The van der Waals surface area contributed by atoms with Gasteiger partial charge in [0, 0.05) is 39.3 Å². The summed E-state index contributed by atoms with van der Waals surface area (Å²) in [6.45, 7) is 13.6. The minimum atomic E-state index is 0.331. The van der Waals surface area contributed by atoms with Crippen LogP contribution < -0.4 is 0 Å². The van der Waals surface area contributed by atoms with E-state index in [-0.39, 0.29) is 0 Å². The monoisotopic (exact) mass is 1410 g/mol. The Bertz CT molecular complexity index is 4230. The van der Waals surface area contributed by atoms with Gasteiger partial charge in [-0.1, -0.05) is 237 Å². The summed E-state index contributed by atoms with van der Waals surface area (Å²) in [6, 6.07) is 20.4.